The Kier molecular flexibility index (Phi) is 27.4. The van der Waals surface area contributed by atoms with Crippen molar-refractivity contribution in [1.82, 2.24) is 10.6 Å². The van der Waals surface area contributed by atoms with E-state index in [9.17, 15) is 19.2 Å². The van der Waals surface area contributed by atoms with Crippen LogP contribution in [0.15, 0.2) is 48.5 Å². The maximum Gasteiger partial charge on any atom is 0.287 e. The second-order valence-electron chi connectivity index (χ2n) is 10.7. The standard InChI is InChI=1S/C19H29NO3.C19H21NO3.CH4O/c2*1-20-19(23)18(22)14-8-7-13-17-12-6-5-11-16(17)10-4-2-3-9-15-21;1-2/h5-6,11-12,21H,2-4,7-10,13-15H2,1H3,(H,20,23);5-6,11-12,21H,2-3,8-9,14-15H2,1H3,(H,20,23);2H,1H3. The molecule has 48 heavy (non-hydrogen) atoms. The van der Waals surface area contributed by atoms with Gasteiger partial charge in [-0.15, -0.1) is 0 Å². The number of benzene rings is 2. The van der Waals surface area contributed by atoms with Crippen molar-refractivity contribution in [2.45, 2.75) is 89.9 Å². The van der Waals surface area contributed by atoms with E-state index in [2.05, 4.69) is 58.6 Å². The summed E-state index contributed by atoms with van der Waals surface area (Å²) in [4.78, 5) is 45.0. The molecule has 0 aliphatic rings. The molecule has 0 aliphatic carbocycles. The molecule has 0 bridgehead atoms. The third-order valence-corrected chi connectivity index (χ3v) is 7.09. The normalized spacial score (nSPS) is 9.54. The maximum atomic E-state index is 11.5. The Morgan fingerprint density at radius 3 is 1.52 bits per heavy atom. The molecule has 0 aliphatic heterocycles. The highest BCUT2D eigenvalue weighted by Gasteiger charge is 2.11. The number of amides is 2. The largest absolute Gasteiger partial charge is 0.400 e. The molecule has 2 amide bonds. The SMILES string of the molecule is CNC(=O)C(=O)CCC#Cc1ccccc1C#CCCCCO.CNC(=O)C(=O)CCCCc1ccccc1CCCCCCO.CO. The fourth-order valence-corrected chi connectivity index (χ4v) is 4.45. The van der Waals surface area contributed by atoms with E-state index < -0.39 is 17.6 Å². The highest BCUT2D eigenvalue weighted by atomic mass is 16.3. The molecule has 0 radical (unpaired) electrons. The monoisotopic (exact) mass is 662 g/mol. The van der Waals surface area contributed by atoms with Crippen LogP contribution in [0.4, 0.5) is 0 Å². The third kappa shape index (κ3) is 20.8. The number of carbonyl (C=O) groups excluding carboxylic acids is 4. The molecule has 5 N–H and O–H groups in total. The minimum Gasteiger partial charge on any atom is -0.400 e. The first-order valence-corrected chi connectivity index (χ1v) is 16.7. The van der Waals surface area contributed by atoms with Crippen LogP contribution in [0.3, 0.4) is 0 Å². The van der Waals surface area contributed by atoms with Crippen LogP contribution >= 0.6 is 0 Å². The van der Waals surface area contributed by atoms with E-state index in [4.69, 9.17) is 15.3 Å². The Morgan fingerprint density at radius 2 is 1.00 bits per heavy atom. The van der Waals surface area contributed by atoms with Crippen molar-refractivity contribution in [2.75, 3.05) is 34.4 Å². The molecule has 0 heterocycles. The highest BCUT2D eigenvalue weighted by Crippen LogP contribution is 2.16. The molecule has 0 spiro atoms. The predicted octanol–water partition coefficient (Wildman–Crippen LogP) is 4.07. The summed E-state index contributed by atoms with van der Waals surface area (Å²) in [7, 11) is 3.92. The van der Waals surface area contributed by atoms with Crippen LogP contribution in [0.1, 0.15) is 99.3 Å². The fourth-order valence-electron chi connectivity index (χ4n) is 4.45. The smallest absolute Gasteiger partial charge is 0.287 e. The van der Waals surface area contributed by atoms with Gasteiger partial charge in [0.05, 0.1) is 0 Å². The van der Waals surface area contributed by atoms with Gasteiger partial charge in [-0.25, -0.2) is 0 Å². The van der Waals surface area contributed by atoms with Gasteiger partial charge in [0.1, 0.15) is 0 Å². The van der Waals surface area contributed by atoms with E-state index >= 15 is 0 Å². The van der Waals surface area contributed by atoms with E-state index in [1.165, 1.54) is 25.2 Å². The summed E-state index contributed by atoms with van der Waals surface area (Å²) in [5.74, 6) is 10.2. The molecule has 0 aromatic heterocycles. The summed E-state index contributed by atoms with van der Waals surface area (Å²) in [5, 5.41) is 29.2. The first-order chi connectivity index (χ1) is 23.4. The maximum absolute atomic E-state index is 11.5. The van der Waals surface area contributed by atoms with Gasteiger partial charge < -0.3 is 26.0 Å². The van der Waals surface area contributed by atoms with Gasteiger partial charge in [-0.05, 0) is 74.6 Å². The quantitative estimate of drug-likeness (QED) is 0.0917. The van der Waals surface area contributed by atoms with Gasteiger partial charge in [0.2, 0.25) is 11.6 Å². The highest BCUT2D eigenvalue weighted by molar-refractivity contribution is 6.36. The van der Waals surface area contributed by atoms with Gasteiger partial charge >= 0.3 is 0 Å². The van der Waals surface area contributed by atoms with Gasteiger partial charge in [-0.3, -0.25) is 19.2 Å². The summed E-state index contributed by atoms with van der Waals surface area (Å²) in [5.41, 5.74) is 4.40. The van der Waals surface area contributed by atoms with Crippen LogP contribution in [-0.2, 0) is 32.0 Å². The number of hydrogen-bond donors (Lipinski definition) is 5. The number of aliphatic hydroxyl groups excluding tert-OH is 3. The second-order valence-corrected chi connectivity index (χ2v) is 10.7. The number of aryl methyl sites for hydroxylation is 2. The van der Waals surface area contributed by atoms with Crippen LogP contribution in [0.5, 0.6) is 0 Å². The third-order valence-electron chi connectivity index (χ3n) is 7.09. The van der Waals surface area contributed by atoms with E-state index in [-0.39, 0.29) is 25.4 Å². The number of rotatable bonds is 18. The fraction of sp³-hybridized carbons (Fsp3) is 0.487. The molecular weight excluding hydrogens is 608 g/mol. The van der Waals surface area contributed by atoms with Crippen LogP contribution in [0, 0.1) is 23.7 Å². The minimum absolute atomic E-state index is 0.113. The zero-order chi connectivity index (χ0) is 35.8. The van der Waals surface area contributed by atoms with E-state index in [0.717, 1.165) is 88.9 Å². The molecule has 2 aromatic carbocycles. The zero-order valence-corrected chi connectivity index (χ0v) is 28.9. The molecule has 9 nitrogen and oxygen atoms in total. The van der Waals surface area contributed by atoms with Crippen LogP contribution in [0.2, 0.25) is 0 Å². The van der Waals surface area contributed by atoms with Gasteiger partial charge in [-0.1, -0.05) is 72.9 Å². The molecule has 2 rings (SSSR count). The summed E-state index contributed by atoms with van der Waals surface area (Å²) in [6, 6.07) is 16.0. The van der Waals surface area contributed by atoms with Crippen molar-refractivity contribution < 1.29 is 34.5 Å². The van der Waals surface area contributed by atoms with Crippen molar-refractivity contribution in [2.24, 2.45) is 0 Å². The predicted molar refractivity (Wildman–Crippen MR) is 190 cm³/mol. The second kappa shape index (κ2) is 30.1. The van der Waals surface area contributed by atoms with Gasteiger partial charge in [0.15, 0.2) is 0 Å². The average Bonchev–Trinajstić information content (AvgIpc) is 3.12. The molecule has 9 heteroatoms. The number of aliphatic hydroxyl groups is 3. The summed E-state index contributed by atoms with van der Waals surface area (Å²) in [6.07, 6.45) is 11.1. The van der Waals surface area contributed by atoms with Crippen LogP contribution in [-0.4, -0.2) is 73.1 Å². The van der Waals surface area contributed by atoms with Crippen LogP contribution < -0.4 is 10.6 Å². The van der Waals surface area contributed by atoms with Crippen molar-refractivity contribution in [1.29, 1.82) is 0 Å². The molecule has 0 unspecified atom stereocenters. The topological polar surface area (TPSA) is 153 Å². The number of likely N-dealkylation sites (N-methyl/N-ethyl adjacent to an activating group) is 2. The number of unbranched alkanes of at least 4 members (excludes halogenated alkanes) is 6. The average molecular weight is 663 g/mol. The summed E-state index contributed by atoms with van der Waals surface area (Å²) in [6.45, 7) is 0.476. The van der Waals surface area contributed by atoms with Gasteiger partial charge in [0, 0.05) is 71.2 Å². The van der Waals surface area contributed by atoms with E-state index in [0.29, 0.717) is 12.8 Å². The van der Waals surface area contributed by atoms with Gasteiger partial charge in [-0.2, -0.15) is 0 Å². The summed E-state index contributed by atoms with van der Waals surface area (Å²) >= 11 is 0. The zero-order valence-electron chi connectivity index (χ0n) is 28.9. The van der Waals surface area contributed by atoms with E-state index in [1.807, 2.05) is 24.3 Å². The van der Waals surface area contributed by atoms with Crippen molar-refractivity contribution >= 4 is 23.4 Å². The first kappa shape index (κ1) is 43.7. The van der Waals surface area contributed by atoms with Crippen molar-refractivity contribution in [3.05, 3.63) is 70.8 Å². The number of carbonyl (C=O) groups is 4. The first-order valence-electron chi connectivity index (χ1n) is 16.7. The Hall–Kier alpha value is -4.28. The lowest BCUT2D eigenvalue weighted by atomic mass is 9.96. The lowest BCUT2D eigenvalue weighted by molar-refractivity contribution is -0.137. The Morgan fingerprint density at radius 1 is 0.562 bits per heavy atom. The molecule has 262 valence electrons. The molecule has 2 aromatic rings. The lowest BCUT2D eigenvalue weighted by Crippen LogP contribution is -2.27. The van der Waals surface area contributed by atoms with Crippen molar-refractivity contribution in [3.63, 3.8) is 0 Å². The van der Waals surface area contributed by atoms with E-state index in [1.54, 1.807) is 0 Å². The molecule has 0 saturated heterocycles. The molecule has 0 saturated carbocycles. The van der Waals surface area contributed by atoms with Crippen molar-refractivity contribution in [3.8, 4) is 23.7 Å². The Bertz CT molecular complexity index is 1350. The minimum atomic E-state index is -0.582. The number of Topliss-reactive ketones (excluding diaryl/α,β-unsaturated/α-hetero) is 2. The number of ketones is 2. The molecule has 0 atom stereocenters. The Balaban J connectivity index is 0.000000875. The van der Waals surface area contributed by atoms with Crippen LogP contribution in [0.25, 0.3) is 0 Å². The molecule has 0 fully saturated rings. The molecular formula is C39H54N2O7. The summed E-state index contributed by atoms with van der Waals surface area (Å²) < 4.78 is 0. The Labute approximate surface area is 286 Å². The number of nitrogens with one attached hydrogen (secondary N) is 2. The van der Waals surface area contributed by atoms with Gasteiger partial charge in [0.25, 0.3) is 11.8 Å². The number of hydrogen-bond acceptors (Lipinski definition) is 7. The lowest BCUT2D eigenvalue weighted by Gasteiger charge is -2.09.